The second-order valence-corrected chi connectivity index (χ2v) is 9.11. The first-order chi connectivity index (χ1) is 14.4. The van der Waals surface area contributed by atoms with E-state index in [2.05, 4.69) is 5.32 Å². The second-order valence-electron chi connectivity index (χ2n) is 8.03. The maximum atomic E-state index is 13.4. The summed E-state index contributed by atoms with van der Waals surface area (Å²) >= 11 is 1.56. The van der Waals surface area contributed by atoms with Crippen molar-refractivity contribution in [1.82, 2.24) is 5.32 Å². The van der Waals surface area contributed by atoms with Gasteiger partial charge in [-0.15, -0.1) is 11.3 Å². The Balaban J connectivity index is 1.54. The molecule has 5 nitrogen and oxygen atoms in total. The smallest absolute Gasteiger partial charge is 0.230 e. The lowest BCUT2D eigenvalue weighted by Gasteiger charge is -2.37. The molecule has 1 amide bonds. The predicted octanol–water partition coefficient (Wildman–Crippen LogP) is 3.98. The van der Waals surface area contributed by atoms with Crippen molar-refractivity contribution in [3.8, 4) is 5.75 Å². The summed E-state index contributed by atoms with van der Waals surface area (Å²) in [6, 6.07) is 17.7. The summed E-state index contributed by atoms with van der Waals surface area (Å²) in [5, 5.41) is 15.2. The second kappa shape index (κ2) is 8.38. The molecule has 0 aliphatic carbocycles. The summed E-state index contributed by atoms with van der Waals surface area (Å²) < 4.78 is 11.9. The zero-order valence-electron chi connectivity index (χ0n) is 17.3. The van der Waals surface area contributed by atoms with Crippen LogP contribution in [0.15, 0.2) is 54.6 Å². The zero-order valence-corrected chi connectivity index (χ0v) is 18.1. The molecule has 6 heteroatoms. The Morgan fingerprint density at radius 3 is 2.57 bits per heavy atom. The first-order valence-electron chi connectivity index (χ1n) is 10.2. The molecule has 0 radical (unpaired) electrons. The fourth-order valence-electron chi connectivity index (χ4n) is 4.03. The van der Waals surface area contributed by atoms with Crippen LogP contribution in [0.3, 0.4) is 0 Å². The Morgan fingerprint density at radius 2 is 1.90 bits per heavy atom. The van der Waals surface area contributed by atoms with E-state index in [0.717, 1.165) is 26.3 Å². The van der Waals surface area contributed by atoms with Crippen LogP contribution < -0.4 is 10.1 Å². The number of carbonyl (C=O) groups excluding carboxylic acids is 1. The number of thiophene rings is 1. The van der Waals surface area contributed by atoms with E-state index in [1.807, 2.05) is 54.6 Å². The van der Waals surface area contributed by atoms with Crippen LogP contribution >= 0.6 is 11.3 Å². The van der Waals surface area contributed by atoms with E-state index in [-0.39, 0.29) is 12.5 Å². The molecule has 30 heavy (non-hydrogen) atoms. The van der Waals surface area contributed by atoms with Crippen molar-refractivity contribution < 1.29 is 19.4 Å². The molecule has 1 aliphatic rings. The van der Waals surface area contributed by atoms with Crippen LogP contribution in [0.4, 0.5) is 0 Å². The van der Waals surface area contributed by atoms with E-state index in [1.165, 1.54) is 0 Å². The minimum atomic E-state index is -1.15. The van der Waals surface area contributed by atoms with Crippen molar-refractivity contribution in [3.05, 3.63) is 65.0 Å². The number of methoxy groups -OCH3 is 1. The van der Waals surface area contributed by atoms with Gasteiger partial charge in [0.2, 0.25) is 5.91 Å². The molecule has 158 valence electrons. The average Bonchev–Trinajstić information content (AvgIpc) is 3.23. The van der Waals surface area contributed by atoms with Gasteiger partial charge in [-0.1, -0.05) is 30.3 Å². The third-order valence-electron chi connectivity index (χ3n) is 5.97. The molecule has 1 aliphatic heterocycles. The molecule has 1 fully saturated rings. The van der Waals surface area contributed by atoms with Crippen LogP contribution in [0.2, 0.25) is 0 Å². The van der Waals surface area contributed by atoms with Crippen LogP contribution in [0.1, 0.15) is 30.2 Å². The number of hydrogen-bond acceptors (Lipinski definition) is 5. The van der Waals surface area contributed by atoms with E-state index in [0.29, 0.717) is 26.1 Å². The van der Waals surface area contributed by atoms with Gasteiger partial charge in [0.25, 0.3) is 0 Å². The van der Waals surface area contributed by atoms with Crippen molar-refractivity contribution in [2.75, 3.05) is 26.9 Å². The average molecular weight is 426 g/mol. The lowest BCUT2D eigenvalue weighted by molar-refractivity contribution is -0.131. The van der Waals surface area contributed by atoms with Crippen LogP contribution in [0, 0.1) is 0 Å². The van der Waals surface area contributed by atoms with Gasteiger partial charge in [-0.05, 0) is 55.0 Å². The normalized spacial score (nSPS) is 18.0. The first-order valence-corrected chi connectivity index (χ1v) is 11.0. The summed E-state index contributed by atoms with van der Waals surface area (Å²) in [5.74, 6) is 0.686. The minimum Gasteiger partial charge on any atom is -0.497 e. The number of nitrogens with one attached hydrogen (secondary N) is 1. The van der Waals surface area contributed by atoms with Gasteiger partial charge in [-0.3, -0.25) is 4.79 Å². The standard InChI is InChI=1S/C24H27NO4S/c1-23(27,21-15-17-5-3-4-6-20(17)30-21)16-25-22(26)24(11-13-29-14-12-24)18-7-9-19(28-2)10-8-18/h3-10,15,27H,11-14,16H2,1-2H3,(H,25,26). The summed E-state index contributed by atoms with van der Waals surface area (Å²) in [7, 11) is 1.63. The van der Waals surface area contributed by atoms with E-state index in [4.69, 9.17) is 9.47 Å². The summed E-state index contributed by atoms with van der Waals surface area (Å²) in [6.45, 7) is 2.97. The van der Waals surface area contributed by atoms with E-state index in [1.54, 1.807) is 25.4 Å². The van der Waals surface area contributed by atoms with E-state index in [9.17, 15) is 9.90 Å². The van der Waals surface area contributed by atoms with Gasteiger partial charge < -0.3 is 19.9 Å². The molecule has 3 aromatic rings. The van der Waals surface area contributed by atoms with Crippen molar-refractivity contribution in [2.45, 2.75) is 30.8 Å². The minimum absolute atomic E-state index is 0.0719. The highest BCUT2D eigenvalue weighted by Gasteiger charge is 2.42. The molecule has 1 atom stereocenters. The highest BCUT2D eigenvalue weighted by atomic mass is 32.1. The number of benzene rings is 2. The van der Waals surface area contributed by atoms with Crippen molar-refractivity contribution in [1.29, 1.82) is 0 Å². The van der Waals surface area contributed by atoms with Gasteiger partial charge in [-0.2, -0.15) is 0 Å². The maximum absolute atomic E-state index is 13.4. The van der Waals surface area contributed by atoms with Gasteiger partial charge in [0.1, 0.15) is 11.4 Å². The lowest BCUT2D eigenvalue weighted by atomic mass is 9.73. The third-order valence-corrected chi connectivity index (χ3v) is 7.34. The SMILES string of the molecule is COc1ccc(C2(C(=O)NCC(C)(O)c3cc4ccccc4s3)CCOCC2)cc1. The van der Waals surface area contributed by atoms with Crippen molar-refractivity contribution in [2.24, 2.45) is 0 Å². The van der Waals surface area contributed by atoms with Gasteiger partial charge >= 0.3 is 0 Å². The van der Waals surface area contributed by atoms with Crippen LogP contribution in [-0.2, 0) is 20.5 Å². The number of hydrogen-bond donors (Lipinski definition) is 2. The van der Waals surface area contributed by atoms with Crippen LogP contribution in [0.25, 0.3) is 10.1 Å². The van der Waals surface area contributed by atoms with Crippen molar-refractivity contribution in [3.63, 3.8) is 0 Å². The highest BCUT2D eigenvalue weighted by Crippen LogP contribution is 2.37. The number of rotatable bonds is 6. The topological polar surface area (TPSA) is 67.8 Å². The van der Waals surface area contributed by atoms with Gasteiger partial charge in [0, 0.05) is 22.8 Å². The summed E-state index contributed by atoms with van der Waals surface area (Å²) in [6.07, 6.45) is 1.21. The van der Waals surface area contributed by atoms with Gasteiger partial charge in [-0.25, -0.2) is 0 Å². The zero-order chi connectivity index (χ0) is 21.2. The Labute approximate surface area is 180 Å². The Bertz CT molecular complexity index is 986. The summed E-state index contributed by atoms with van der Waals surface area (Å²) in [5.41, 5.74) is -0.863. The summed E-state index contributed by atoms with van der Waals surface area (Å²) in [4.78, 5) is 14.3. The van der Waals surface area contributed by atoms with Crippen LogP contribution in [-0.4, -0.2) is 37.9 Å². The molecule has 1 saturated heterocycles. The number of amides is 1. The molecule has 2 aromatic carbocycles. The molecule has 0 saturated carbocycles. The van der Waals surface area contributed by atoms with Gasteiger partial charge in [0.15, 0.2) is 0 Å². The monoisotopic (exact) mass is 425 g/mol. The first kappa shape index (κ1) is 20.8. The Hall–Kier alpha value is -2.41. The molecule has 4 rings (SSSR count). The highest BCUT2D eigenvalue weighted by molar-refractivity contribution is 7.19. The molecule has 1 unspecified atom stereocenters. The quantitative estimate of drug-likeness (QED) is 0.627. The molecular weight excluding hydrogens is 398 g/mol. The molecular formula is C24H27NO4S. The third kappa shape index (κ3) is 3.95. The molecule has 0 spiro atoms. The number of aliphatic hydroxyl groups is 1. The molecule has 0 bridgehead atoms. The van der Waals surface area contributed by atoms with Crippen LogP contribution in [0.5, 0.6) is 5.75 Å². The maximum Gasteiger partial charge on any atom is 0.230 e. The fourth-order valence-corrected chi connectivity index (χ4v) is 5.14. The lowest BCUT2D eigenvalue weighted by Crippen LogP contribution is -2.50. The largest absolute Gasteiger partial charge is 0.497 e. The van der Waals surface area contributed by atoms with Gasteiger partial charge in [0.05, 0.1) is 19.1 Å². The number of ether oxygens (including phenoxy) is 2. The molecule has 2 heterocycles. The molecule has 1 aromatic heterocycles. The molecule has 2 N–H and O–H groups in total. The fraction of sp³-hybridized carbons (Fsp3) is 0.375. The Morgan fingerprint density at radius 1 is 1.20 bits per heavy atom. The number of fused-ring (bicyclic) bond motifs is 1. The Kier molecular flexibility index (Phi) is 5.82. The van der Waals surface area contributed by atoms with E-state index < -0.39 is 11.0 Å². The predicted molar refractivity (Wildman–Crippen MR) is 119 cm³/mol. The van der Waals surface area contributed by atoms with Crippen molar-refractivity contribution >= 4 is 27.3 Å². The van der Waals surface area contributed by atoms with E-state index >= 15 is 0 Å². The number of carbonyl (C=O) groups is 1.